The molecule has 0 radical (unpaired) electrons. The highest BCUT2D eigenvalue weighted by Gasteiger charge is 2.19. The summed E-state index contributed by atoms with van der Waals surface area (Å²) in [4.78, 5) is 10.3. The van der Waals surface area contributed by atoms with E-state index >= 15 is 0 Å². The second-order valence-corrected chi connectivity index (χ2v) is 3.09. The van der Waals surface area contributed by atoms with Crippen LogP contribution in [0.5, 0.6) is 11.5 Å². The van der Waals surface area contributed by atoms with Gasteiger partial charge in [-0.25, -0.2) is 8.78 Å². The maximum absolute atomic E-state index is 13.2. The first-order valence-electron chi connectivity index (χ1n) is 4.43. The Morgan fingerprint density at radius 3 is 2.56 bits per heavy atom. The molecule has 0 atom stereocenters. The third-order valence-electron chi connectivity index (χ3n) is 2.05. The lowest BCUT2D eigenvalue weighted by atomic mass is 10.1. The van der Waals surface area contributed by atoms with Gasteiger partial charge in [0.15, 0.2) is 17.3 Å². The van der Waals surface area contributed by atoms with Gasteiger partial charge in [-0.15, -0.1) is 0 Å². The lowest BCUT2D eigenvalue weighted by molar-refractivity contribution is -0.136. The summed E-state index contributed by atoms with van der Waals surface area (Å²) in [6.07, 6.45) is -0.594. The quantitative estimate of drug-likeness (QED) is 0.829. The van der Waals surface area contributed by atoms with Crippen LogP contribution in [0.4, 0.5) is 8.78 Å². The standard InChI is InChI=1S/C10H10F2O4/c1-16-10-7(12)4-6(11)5(9(10)15)2-3-8(13)14/h4,15H,2-3H2,1H3,(H,13,14). The Morgan fingerprint density at radius 2 is 2.06 bits per heavy atom. The van der Waals surface area contributed by atoms with Crippen LogP contribution in [0.15, 0.2) is 6.07 Å². The maximum atomic E-state index is 13.2. The van der Waals surface area contributed by atoms with Crippen molar-refractivity contribution in [2.45, 2.75) is 12.8 Å². The SMILES string of the molecule is COc1c(F)cc(F)c(CCC(=O)O)c1O. The van der Waals surface area contributed by atoms with Crippen LogP contribution in [0.3, 0.4) is 0 Å². The minimum Gasteiger partial charge on any atom is -0.504 e. The predicted octanol–water partition coefficient (Wildman–Crippen LogP) is 1.70. The number of carboxylic acid groups (broad SMARTS) is 1. The summed E-state index contributed by atoms with van der Waals surface area (Å²) in [5.74, 6) is -4.33. The molecule has 0 saturated carbocycles. The van der Waals surface area contributed by atoms with Gasteiger partial charge in [-0.05, 0) is 6.42 Å². The molecule has 0 aliphatic heterocycles. The summed E-state index contributed by atoms with van der Waals surface area (Å²) in [5, 5.41) is 17.9. The number of rotatable bonds is 4. The molecule has 1 aromatic carbocycles. The molecule has 0 saturated heterocycles. The molecule has 4 nitrogen and oxygen atoms in total. The van der Waals surface area contributed by atoms with Crippen LogP contribution in [-0.4, -0.2) is 23.3 Å². The molecule has 1 rings (SSSR count). The van der Waals surface area contributed by atoms with Crippen molar-refractivity contribution in [1.29, 1.82) is 0 Å². The van der Waals surface area contributed by atoms with Crippen LogP contribution in [0.1, 0.15) is 12.0 Å². The van der Waals surface area contributed by atoms with Crippen molar-refractivity contribution >= 4 is 5.97 Å². The summed E-state index contributed by atoms with van der Waals surface area (Å²) < 4.78 is 30.8. The van der Waals surface area contributed by atoms with Crippen LogP contribution < -0.4 is 4.74 Å². The van der Waals surface area contributed by atoms with Crippen molar-refractivity contribution in [3.05, 3.63) is 23.3 Å². The fourth-order valence-electron chi connectivity index (χ4n) is 1.29. The predicted molar refractivity (Wildman–Crippen MR) is 50.5 cm³/mol. The molecule has 0 amide bonds. The number of benzene rings is 1. The summed E-state index contributed by atoms with van der Waals surface area (Å²) in [6, 6.07) is 0.551. The van der Waals surface area contributed by atoms with E-state index in [4.69, 9.17) is 5.11 Å². The van der Waals surface area contributed by atoms with Crippen molar-refractivity contribution in [2.75, 3.05) is 7.11 Å². The van der Waals surface area contributed by atoms with Gasteiger partial charge in [-0.2, -0.15) is 0 Å². The molecule has 0 spiro atoms. The Hall–Kier alpha value is -1.85. The Kier molecular flexibility index (Phi) is 3.65. The first-order chi connectivity index (χ1) is 7.47. The van der Waals surface area contributed by atoms with Crippen molar-refractivity contribution in [3.63, 3.8) is 0 Å². The molecular weight excluding hydrogens is 222 g/mol. The molecule has 6 heteroatoms. The van der Waals surface area contributed by atoms with Crippen LogP contribution in [0.25, 0.3) is 0 Å². The Morgan fingerprint density at radius 1 is 1.44 bits per heavy atom. The van der Waals surface area contributed by atoms with Gasteiger partial charge >= 0.3 is 5.97 Å². The van der Waals surface area contributed by atoms with Gasteiger partial charge in [0.05, 0.1) is 7.11 Å². The van der Waals surface area contributed by atoms with E-state index in [1.807, 2.05) is 0 Å². The van der Waals surface area contributed by atoms with E-state index in [1.165, 1.54) is 0 Å². The molecule has 0 aliphatic carbocycles. The van der Waals surface area contributed by atoms with Crippen molar-refractivity contribution in [3.8, 4) is 11.5 Å². The van der Waals surface area contributed by atoms with Crippen LogP contribution in [0.2, 0.25) is 0 Å². The number of hydrogen-bond donors (Lipinski definition) is 2. The van der Waals surface area contributed by atoms with Crippen molar-refractivity contribution < 1.29 is 28.5 Å². The second-order valence-electron chi connectivity index (χ2n) is 3.09. The topological polar surface area (TPSA) is 66.8 Å². The smallest absolute Gasteiger partial charge is 0.303 e. The summed E-state index contributed by atoms with van der Waals surface area (Å²) in [5.41, 5.74) is -0.263. The van der Waals surface area contributed by atoms with E-state index in [0.717, 1.165) is 7.11 Å². The van der Waals surface area contributed by atoms with E-state index in [1.54, 1.807) is 0 Å². The number of methoxy groups -OCH3 is 1. The Bertz CT molecular complexity index is 418. The molecule has 0 aromatic heterocycles. The third kappa shape index (κ3) is 2.39. The fraction of sp³-hybridized carbons (Fsp3) is 0.300. The van der Waals surface area contributed by atoms with Gasteiger partial charge in [0.2, 0.25) is 0 Å². The van der Waals surface area contributed by atoms with E-state index in [0.29, 0.717) is 6.07 Å². The largest absolute Gasteiger partial charge is 0.504 e. The van der Waals surface area contributed by atoms with E-state index < -0.39 is 29.1 Å². The van der Waals surface area contributed by atoms with Gasteiger partial charge in [0.1, 0.15) is 5.82 Å². The molecule has 16 heavy (non-hydrogen) atoms. The molecule has 88 valence electrons. The number of carboxylic acids is 1. The maximum Gasteiger partial charge on any atom is 0.303 e. The lowest BCUT2D eigenvalue weighted by Crippen LogP contribution is -2.02. The molecule has 0 aliphatic rings. The van der Waals surface area contributed by atoms with Gasteiger partial charge in [-0.1, -0.05) is 0 Å². The molecule has 0 unspecified atom stereocenters. The van der Waals surface area contributed by atoms with E-state index in [2.05, 4.69) is 4.74 Å². The molecule has 0 heterocycles. The van der Waals surface area contributed by atoms with Gasteiger partial charge in [0, 0.05) is 18.1 Å². The Labute approximate surface area is 90.1 Å². The highest BCUT2D eigenvalue weighted by Crippen LogP contribution is 2.35. The number of ether oxygens (including phenoxy) is 1. The zero-order valence-corrected chi connectivity index (χ0v) is 8.46. The van der Waals surface area contributed by atoms with E-state index in [9.17, 15) is 18.7 Å². The zero-order valence-electron chi connectivity index (χ0n) is 8.46. The third-order valence-corrected chi connectivity index (χ3v) is 2.05. The van der Waals surface area contributed by atoms with E-state index in [-0.39, 0.29) is 18.4 Å². The summed E-state index contributed by atoms with van der Waals surface area (Å²) >= 11 is 0. The second kappa shape index (κ2) is 4.78. The number of phenols is 1. The molecule has 0 bridgehead atoms. The average molecular weight is 232 g/mol. The minimum absolute atomic E-state index is 0.232. The van der Waals surface area contributed by atoms with Crippen molar-refractivity contribution in [2.24, 2.45) is 0 Å². The van der Waals surface area contributed by atoms with Crippen molar-refractivity contribution in [1.82, 2.24) is 0 Å². The normalized spacial score (nSPS) is 10.2. The highest BCUT2D eigenvalue weighted by atomic mass is 19.1. The monoisotopic (exact) mass is 232 g/mol. The van der Waals surface area contributed by atoms with Gasteiger partial charge < -0.3 is 14.9 Å². The number of aromatic hydroxyl groups is 1. The fourth-order valence-corrected chi connectivity index (χ4v) is 1.29. The minimum atomic E-state index is -1.14. The summed E-state index contributed by atoms with van der Waals surface area (Å²) in [6.45, 7) is 0. The zero-order chi connectivity index (χ0) is 12.3. The first kappa shape index (κ1) is 12.2. The molecule has 1 aromatic rings. The molecule has 0 fully saturated rings. The molecule has 2 N–H and O–H groups in total. The number of carbonyl (C=O) groups is 1. The highest BCUT2D eigenvalue weighted by molar-refractivity contribution is 5.67. The van der Waals surface area contributed by atoms with Crippen LogP contribution in [-0.2, 0) is 11.2 Å². The number of hydrogen-bond acceptors (Lipinski definition) is 3. The Balaban J connectivity index is 3.12. The summed E-state index contributed by atoms with van der Waals surface area (Å²) in [7, 11) is 1.12. The number of aliphatic carboxylic acids is 1. The first-order valence-corrected chi connectivity index (χ1v) is 4.43. The molecular formula is C10H10F2O4. The van der Waals surface area contributed by atoms with Gasteiger partial charge in [-0.3, -0.25) is 4.79 Å². The lowest BCUT2D eigenvalue weighted by Gasteiger charge is -2.10. The average Bonchev–Trinajstić information content (AvgIpc) is 2.16. The van der Waals surface area contributed by atoms with Crippen LogP contribution >= 0.6 is 0 Å². The number of halogens is 2. The number of phenolic OH excluding ortho intramolecular Hbond substituents is 1. The van der Waals surface area contributed by atoms with Gasteiger partial charge in [0.25, 0.3) is 0 Å². The van der Waals surface area contributed by atoms with Crippen LogP contribution in [0, 0.1) is 11.6 Å².